The zero-order chi connectivity index (χ0) is 20.3. The first-order valence-electron chi connectivity index (χ1n) is 8.93. The van der Waals surface area contributed by atoms with E-state index >= 15 is 0 Å². The number of hydrogen-bond acceptors (Lipinski definition) is 3. The summed E-state index contributed by atoms with van der Waals surface area (Å²) in [6.07, 6.45) is 0. The molecule has 0 radical (unpaired) electrons. The molecule has 6 nitrogen and oxygen atoms in total. The smallest absolute Gasteiger partial charge is 0.322 e. The lowest BCUT2D eigenvalue weighted by atomic mass is 10.0. The number of hydrogen-bond donors (Lipinski definition) is 3. The van der Waals surface area contributed by atoms with Crippen molar-refractivity contribution < 1.29 is 9.90 Å². The van der Waals surface area contributed by atoms with Gasteiger partial charge >= 0.3 is 6.03 Å². The van der Waals surface area contributed by atoms with Crippen LogP contribution in [0.15, 0.2) is 47.3 Å². The Morgan fingerprint density at radius 3 is 2.64 bits per heavy atom. The van der Waals surface area contributed by atoms with Crippen molar-refractivity contribution in [1.82, 2.24) is 9.88 Å². The lowest BCUT2D eigenvalue weighted by Crippen LogP contribution is -2.38. The summed E-state index contributed by atoms with van der Waals surface area (Å²) in [6.45, 7) is 3.95. The molecule has 0 aliphatic heterocycles. The second kappa shape index (κ2) is 8.46. The van der Waals surface area contributed by atoms with Crippen LogP contribution in [0.4, 0.5) is 10.5 Å². The minimum absolute atomic E-state index is 0.0746. The molecule has 146 valence electrons. The predicted molar refractivity (Wildman–Crippen MR) is 112 cm³/mol. The fourth-order valence-electron chi connectivity index (χ4n) is 2.99. The number of aromatic nitrogens is 1. The number of H-pyrrole nitrogens is 1. The van der Waals surface area contributed by atoms with Crippen molar-refractivity contribution in [3.8, 4) is 0 Å². The second-order valence-electron chi connectivity index (χ2n) is 6.73. The highest BCUT2D eigenvalue weighted by Crippen LogP contribution is 2.19. The molecule has 2 amide bonds. The zero-order valence-electron chi connectivity index (χ0n) is 15.8. The Labute approximate surface area is 167 Å². The van der Waals surface area contributed by atoms with Gasteiger partial charge in [0.25, 0.3) is 5.56 Å². The monoisotopic (exact) mass is 399 g/mol. The van der Waals surface area contributed by atoms with E-state index in [0.29, 0.717) is 16.3 Å². The number of aliphatic hydroxyl groups is 1. The molecule has 28 heavy (non-hydrogen) atoms. The average molecular weight is 400 g/mol. The number of carbonyl (C=O) groups is 1. The van der Waals surface area contributed by atoms with Gasteiger partial charge in [-0.15, -0.1) is 0 Å². The van der Waals surface area contributed by atoms with E-state index in [-0.39, 0.29) is 25.3 Å². The minimum Gasteiger partial charge on any atom is -0.395 e. The van der Waals surface area contributed by atoms with E-state index in [1.807, 2.05) is 26.0 Å². The molecule has 1 heterocycles. The molecular weight excluding hydrogens is 378 g/mol. The Kier molecular flexibility index (Phi) is 6.02. The Balaban J connectivity index is 1.87. The molecule has 3 N–H and O–H groups in total. The van der Waals surface area contributed by atoms with Crippen LogP contribution in [0.3, 0.4) is 0 Å². The zero-order valence-corrected chi connectivity index (χ0v) is 16.5. The van der Waals surface area contributed by atoms with Crippen LogP contribution in [-0.2, 0) is 6.54 Å². The Morgan fingerprint density at radius 2 is 1.93 bits per heavy atom. The largest absolute Gasteiger partial charge is 0.395 e. The third-order valence-corrected chi connectivity index (χ3v) is 4.86. The van der Waals surface area contributed by atoms with Gasteiger partial charge in [0, 0.05) is 28.3 Å². The molecule has 3 aromatic rings. The number of aliphatic hydroxyl groups excluding tert-OH is 1. The summed E-state index contributed by atoms with van der Waals surface area (Å²) >= 11 is 5.95. The number of anilines is 1. The summed E-state index contributed by atoms with van der Waals surface area (Å²) in [7, 11) is 0. The highest BCUT2D eigenvalue weighted by atomic mass is 35.5. The molecule has 0 unspecified atom stereocenters. The first-order valence-corrected chi connectivity index (χ1v) is 9.30. The normalized spacial score (nSPS) is 10.9. The SMILES string of the molecule is Cc1cc2cc(CN(CCO)C(=O)Nc3cccc(Cl)c3)c(=O)[nH]c2cc1C. The molecular formula is C21H22ClN3O3. The summed E-state index contributed by atoms with van der Waals surface area (Å²) in [5.41, 5.74) is 3.71. The Bertz CT molecular complexity index is 1080. The lowest BCUT2D eigenvalue weighted by Gasteiger charge is -2.22. The van der Waals surface area contributed by atoms with Gasteiger partial charge in [-0.1, -0.05) is 17.7 Å². The number of aromatic amines is 1. The third-order valence-electron chi connectivity index (χ3n) is 4.63. The average Bonchev–Trinajstić information content (AvgIpc) is 2.63. The quantitative estimate of drug-likeness (QED) is 0.609. The predicted octanol–water partition coefficient (Wildman–Crippen LogP) is 3.82. The number of rotatable bonds is 5. The van der Waals surface area contributed by atoms with Gasteiger partial charge < -0.3 is 20.3 Å². The van der Waals surface area contributed by atoms with Crippen molar-refractivity contribution in [2.45, 2.75) is 20.4 Å². The van der Waals surface area contributed by atoms with Gasteiger partial charge in [0.15, 0.2) is 0 Å². The van der Waals surface area contributed by atoms with Crippen LogP contribution >= 0.6 is 11.6 Å². The van der Waals surface area contributed by atoms with Crippen LogP contribution in [0.5, 0.6) is 0 Å². The second-order valence-corrected chi connectivity index (χ2v) is 7.17. The van der Waals surface area contributed by atoms with E-state index in [0.717, 1.165) is 22.0 Å². The fraction of sp³-hybridized carbons (Fsp3) is 0.238. The summed E-state index contributed by atoms with van der Waals surface area (Å²) in [5.74, 6) is 0. The van der Waals surface area contributed by atoms with Crippen molar-refractivity contribution in [3.63, 3.8) is 0 Å². The molecule has 0 atom stereocenters. The molecule has 7 heteroatoms. The number of amides is 2. The molecule has 0 fully saturated rings. The maximum atomic E-state index is 12.6. The van der Waals surface area contributed by atoms with Crippen molar-refractivity contribution in [2.75, 3.05) is 18.5 Å². The van der Waals surface area contributed by atoms with Crippen molar-refractivity contribution >= 4 is 34.2 Å². The van der Waals surface area contributed by atoms with Crippen LogP contribution in [-0.4, -0.2) is 34.2 Å². The molecule has 0 aliphatic rings. The molecule has 0 bridgehead atoms. The summed E-state index contributed by atoms with van der Waals surface area (Å²) in [5, 5.41) is 13.5. The van der Waals surface area contributed by atoms with Crippen LogP contribution in [0.1, 0.15) is 16.7 Å². The number of fused-ring (bicyclic) bond motifs is 1. The van der Waals surface area contributed by atoms with E-state index in [1.165, 1.54) is 4.90 Å². The van der Waals surface area contributed by atoms with Gasteiger partial charge in [0.05, 0.1) is 13.2 Å². The molecule has 0 spiro atoms. The number of halogens is 1. The molecule has 3 rings (SSSR count). The number of nitrogens with one attached hydrogen (secondary N) is 2. The van der Waals surface area contributed by atoms with E-state index in [1.54, 1.807) is 30.3 Å². The number of benzene rings is 2. The molecule has 0 aliphatic carbocycles. The highest BCUT2D eigenvalue weighted by Gasteiger charge is 2.16. The number of nitrogens with zero attached hydrogens (tertiary/aromatic N) is 1. The van der Waals surface area contributed by atoms with Crippen molar-refractivity contribution in [2.24, 2.45) is 0 Å². The minimum atomic E-state index is -0.420. The maximum Gasteiger partial charge on any atom is 0.322 e. The van der Waals surface area contributed by atoms with Gasteiger partial charge in [-0.05, 0) is 66.8 Å². The van der Waals surface area contributed by atoms with Gasteiger partial charge in [0.1, 0.15) is 0 Å². The van der Waals surface area contributed by atoms with Crippen LogP contribution in [0.2, 0.25) is 5.02 Å². The van der Waals surface area contributed by atoms with Gasteiger partial charge in [-0.2, -0.15) is 0 Å². The van der Waals surface area contributed by atoms with Gasteiger partial charge in [-0.3, -0.25) is 4.79 Å². The molecule has 1 aromatic heterocycles. The van der Waals surface area contributed by atoms with Crippen LogP contribution in [0.25, 0.3) is 10.9 Å². The van der Waals surface area contributed by atoms with Gasteiger partial charge in [0.2, 0.25) is 0 Å². The Morgan fingerprint density at radius 1 is 1.18 bits per heavy atom. The van der Waals surface area contributed by atoms with Crippen molar-refractivity contribution in [3.05, 3.63) is 74.5 Å². The van der Waals surface area contributed by atoms with Crippen molar-refractivity contribution in [1.29, 1.82) is 0 Å². The van der Waals surface area contributed by atoms with Crippen LogP contribution < -0.4 is 10.9 Å². The van der Waals surface area contributed by atoms with Gasteiger partial charge in [-0.25, -0.2) is 4.79 Å². The topological polar surface area (TPSA) is 85.4 Å². The summed E-state index contributed by atoms with van der Waals surface area (Å²) in [6, 6.07) is 12.1. The van der Waals surface area contributed by atoms with Crippen LogP contribution in [0, 0.1) is 13.8 Å². The summed E-state index contributed by atoms with van der Waals surface area (Å²) < 4.78 is 0. The number of urea groups is 1. The lowest BCUT2D eigenvalue weighted by molar-refractivity contribution is 0.185. The van der Waals surface area contributed by atoms with E-state index in [9.17, 15) is 14.7 Å². The first-order chi connectivity index (χ1) is 13.4. The standard InChI is InChI=1S/C21H22ClN3O3/c1-13-8-15-10-16(20(27)24-19(15)9-14(13)2)12-25(6-7-26)21(28)23-18-5-3-4-17(22)11-18/h3-5,8-11,26H,6-7,12H2,1-2H3,(H,23,28)(H,24,27). The van der Waals surface area contributed by atoms with E-state index in [4.69, 9.17) is 11.6 Å². The highest BCUT2D eigenvalue weighted by molar-refractivity contribution is 6.30. The third kappa shape index (κ3) is 4.52. The molecule has 2 aromatic carbocycles. The molecule has 0 saturated heterocycles. The number of pyridine rings is 1. The Hall–Kier alpha value is -2.83. The summed E-state index contributed by atoms with van der Waals surface area (Å²) in [4.78, 5) is 29.4. The van der Waals surface area contributed by atoms with E-state index < -0.39 is 6.03 Å². The first kappa shape index (κ1) is 19.9. The fourth-order valence-corrected chi connectivity index (χ4v) is 3.18. The maximum absolute atomic E-state index is 12.6. The number of aryl methyl sites for hydroxylation is 2. The van der Waals surface area contributed by atoms with E-state index in [2.05, 4.69) is 10.3 Å². The number of carbonyl (C=O) groups excluding carboxylic acids is 1. The molecule has 0 saturated carbocycles.